The summed E-state index contributed by atoms with van der Waals surface area (Å²) in [6, 6.07) is 53.7. The van der Waals surface area contributed by atoms with Crippen molar-refractivity contribution in [1.82, 2.24) is 0 Å². The zero-order valence-corrected chi connectivity index (χ0v) is 75.1. The minimum absolute atomic E-state index is 0.190. The molecule has 11 aromatic carbocycles. The monoisotopic (exact) mass is 1570 g/mol. The van der Waals surface area contributed by atoms with Crippen LogP contribution in [0.15, 0.2) is 158 Å². The van der Waals surface area contributed by atoms with E-state index in [4.69, 9.17) is 32.9 Å². The lowest BCUT2D eigenvalue weighted by molar-refractivity contribution is 0.730. The van der Waals surface area contributed by atoms with Gasteiger partial charge in [0.1, 0.15) is 30.8 Å². The molecule has 0 unspecified atom stereocenters. The van der Waals surface area contributed by atoms with Crippen LogP contribution < -0.4 is 49.0 Å². The van der Waals surface area contributed by atoms with E-state index in [0.717, 1.165) is 34.1 Å². The van der Waals surface area contributed by atoms with Gasteiger partial charge in [0.15, 0.2) is 28.4 Å². The van der Waals surface area contributed by atoms with E-state index in [9.17, 15) is 0 Å². The zero-order chi connectivity index (χ0) is 86.7. The summed E-state index contributed by atoms with van der Waals surface area (Å²) in [5.74, 6) is 0. The normalized spacial score (nSPS) is 16.3. The van der Waals surface area contributed by atoms with E-state index in [0.29, 0.717) is 28.4 Å². The van der Waals surface area contributed by atoms with Gasteiger partial charge >= 0.3 is 0 Å². The second-order valence-electron chi connectivity index (χ2n) is 33.1. The van der Waals surface area contributed by atoms with Crippen molar-refractivity contribution < 1.29 is 0 Å². The van der Waals surface area contributed by atoms with E-state index < -0.39 is 0 Å². The van der Waals surface area contributed by atoms with Gasteiger partial charge < -0.3 is 49.0 Å². The van der Waals surface area contributed by atoms with Crippen molar-refractivity contribution in [2.75, 3.05) is 84.2 Å². The highest BCUT2D eigenvalue weighted by atomic mass is 15.4. The van der Waals surface area contributed by atoms with Crippen LogP contribution in [-0.4, -0.2) is 66.1 Å². The lowest BCUT2D eigenvalue weighted by atomic mass is 9.92. The lowest BCUT2D eigenvalue weighted by Crippen LogP contribution is -2.36. The summed E-state index contributed by atoms with van der Waals surface area (Å²) in [4.78, 5) is 41.3. The molecule has 5 aliphatic rings. The molecule has 0 aromatic heterocycles. The largest absolute Gasteiger partial charge is 0.353 e. The van der Waals surface area contributed by atoms with Gasteiger partial charge in [-0.05, 0) is 343 Å². The molecule has 11 aromatic rings. The van der Waals surface area contributed by atoms with Gasteiger partial charge in [0.05, 0.1) is 89.7 Å². The van der Waals surface area contributed by atoms with Gasteiger partial charge in [0.25, 0.3) is 0 Å². The van der Waals surface area contributed by atoms with Crippen molar-refractivity contribution in [3.8, 4) is 11.1 Å². The van der Waals surface area contributed by atoms with Gasteiger partial charge in [-0.1, -0.05) is 84.9 Å². The van der Waals surface area contributed by atoms with Crippen molar-refractivity contribution >= 4 is 114 Å². The minimum Gasteiger partial charge on any atom is -0.353 e. The second kappa shape index (κ2) is 33.8. The van der Waals surface area contributed by atoms with E-state index in [1.165, 1.54) is 162 Å². The zero-order valence-electron chi connectivity index (χ0n) is 75.1. The number of anilines is 15. The molecule has 0 bridgehead atoms. The standard InChI is InChI=1S/C23H21N3.C21H25N3.3C20H23N3/c1-16-10-11-19(18-8-6-5-7-9-18)14-22(16)26-17(2)25(4)21-13-12-20(24-3)15-23(21)26;1-12-13(2)15(4)21(16(5)14(12)3)24-17(6)23(8)19-10-9-18(22-7)11-20(19)24;1-12-10-19(15(4)14(3)13(12)2)23-16(5)22(7)18-9-8-17(21-6)11-20(18)23;1-12-10-13(2)20(15(4)14(12)3)23-16(5)22(7)18-9-8-17(21-6)11-19(18)23;1-12-10-13(2)15(4)20(14(12)3)23-16(5)22(7)18-9-8-17(21-6)11-19(18)23/h5-15,17H,1-2,4H3;9-11,17H,1-6,8H3;3*8-11,16H,1-5,7H3/t2*17-;3*16-/m00000/s1. The first kappa shape index (κ1) is 85.2. The van der Waals surface area contributed by atoms with Crippen molar-refractivity contribution in [3.05, 3.63) is 315 Å². The third-order valence-electron chi connectivity index (χ3n) is 26.9. The lowest BCUT2D eigenvalue weighted by Gasteiger charge is -2.32. The molecule has 0 spiro atoms. The third kappa shape index (κ3) is 15.1. The van der Waals surface area contributed by atoms with Crippen LogP contribution in [0.3, 0.4) is 0 Å². The Bertz CT molecular complexity index is 6020. The van der Waals surface area contributed by atoms with Gasteiger partial charge in [-0.25, -0.2) is 24.2 Å². The van der Waals surface area contributed by atoms with E-state index in [1.807, 2.05) is 66.7 Å². The molecule has 15 heteroatoms. The Morgan fingerprint density at radius 2 is 0.479 bits per heavy atom. The summed E-state index contributed by atoms with van der Waals surface area (Å²) >= 11 is 0. The van der Waals surface area contributed by atoms with Gasteiger partial charge in [-0.3, -0.25) is 0 Å². The van der Waals surface area contributed by atoms with E-state index in [2.05, 4.69) is 359 Å². The molecular weight excluding hydrogens is 1460 g/mol. The van der Waals surface area contributed by atoms with Crippen molar-refractivity contribution in [2.24, 2.45) is 0 Å². The first-order chi connectivity index (χ1) is 56.5. The Balaban J connectivity index is 0.000000137. The van der Waals surface area contributed by atoms with Gasteiger partial charge in [-0.15, -0.1) is 0 Å². The van der Waals surface area contributed by atoms with Crippen LogP contribution in [0, 0.1) is 157 Å². The number of hydrogen-bond acceptors (Lipinski definition) is 10. The highest BCUT2D eigenvalue weighted by Gasteiger charge is 2.39. The van der Waals surface area contributed by atoms with Crippen LogP contribution >= 0.6 is 0 Å². The first-order valence-electron chi connectivity index (χ1n) is 41.1. The average molecular weight is 1580 g/mol. The molecule has 119 heavy (non-hydrogen) atoms. The topological polar surface area (TPSA) is 54.2 Å². The Morgan fingerprint density at radius 1 is 0.202 bits per heavy atom. The predicted octanol–water partition coefficient (Wildman–Crippen LogP) is 28.1. The molecule has 5 atom stereocenters. The molecule has 5 aliphatic heterocycles. The summed E-state index contributed by atoms with van der Waals surface area (Å²) in [5, 5.41) is 0. The quantitative estimate of drug-likeness (QED) is 0.151. The molecule has 0 aliphatic carbocycles. The maximum Gasteiger partial charge on any atom is 0.189 e. The van der Waals surface area contributed by atoms with Crippen LogP contribution in [0.4, 0.5) is 114 Å². The predicted molar refractivity (Wildman–Crippen MR) is 506 cm³/mol. The van der Waals surface area contributed by atoms with E-state index in [1.54, 1.807) is 0 Å². The number of benzene rings is 11. The second-order valence-corrected chi connectivity index (χ2v) is 33.1. The fourth-order valence-corrected chi connectivity index (χ4v) is 18.0. The molecule has 0 radical (unpaired) electrons. The van der Waals surface area contributed by atoms with Crippen molar-refractivity contribution in [1.29, 1.82) is 0 Å². The summed E-state index contributed by atoms with van der Waals surface area (Å²) in [6.45, 7) is 87.2. The Kier molecular flexibility index (Phi) is 24.2. The SMILES string of the molecule is [C-]#[N+]c1ccc2c(c1)N(c1c(C)c(C)c(C)c(C)c1C)[C@@H](C)N2C.[C-]#[N+]c1ccc2c(c1)N(c1c(C)c(C)cc(C)c1C)[C@@H](C)N2C.[C-]#[N+]c1ccc2c(c1)N(c1c(C)cc(C)c(C)c1C)[C@@H](C)N2C.[C-]#[N+]c1ccc2c(c1)N(c1cc(-c3ccccc3)ccc1C)[C@@H](C)N2C.[C-]#[N+]c1ccc2c(c1)N(c1cc(C)c(C)c(C)c1C)[C@@H](C)N2C. The number of rotatable bonds is 6. The summed E-state index contributed by atoms with van der Waals surface area (Å²) in [5.41, 5.74) is 47.5. The third-order valence-corrected chi connectivity index (χ3v) is 26.9. The van der Waals surface area contributed by atoms with Crippen LogP contribution in [0.1, 0.15) is 135 Å². The van der Waals surface area contributed by atoms with Gasteiger partial charge in [0.2, 0.25) is 0 Å². The van der Waals surface area contributed by atoms with Crippen LogP contribution in [-0.2, 0) is 0 Å². The fourth-order valence-electron chi connectivity index (χ4n) is 18.0. The molecule has 16 rings (SSSR count). The number of hydrogen-bond donors (Lipinski definition) is 0. The van der Waals surface area contributed by atoms with Crippen molar-refractivity contribution in [3.63, 3.8) is 0 Å². The minimum atomic E-state index is 0.190. The number of aryl methyl sites for hydroxylation is 6. The van der Waals surface area contributed by atoms with Crippen LogP contribution in [0.2, 0.25) is 0 Å². The molecule has 0 saturated heterocycles. The maximum atomic E-state index is 7.36. The molecule has 5 heterocycles. The summed E-state index contributed by atoms with van der Waals surface area (Å²) in [6.07, 6.45) is 1.09. The average Bonchev–Trinajstić information content (AvgIpc) is 1.56. The Hall–Kier alpha value is -13.1. The first-order valence-corrected chi connectivity index (χ1v) is 41.1. The van der Waals surface area contributed by atoms with E-state index >= 15 is 0 Å². The van der Waals surface area contributed by atoms with Gasteiger partial charge in [0, 0.05) is 63.7 Å². The molecule has 606 valence electrons. The molecule has 0 saturated carbocycles. The highest BCUT2D eigenvalue weighted by Crippen LogP contribution is 2.54. The summed E-state index contributed by atoms with van der Waals surface area (Å²) in [7, 11) is 10.6. The van der Waals surface area contributed by atoms with Crippen LogP contribution in [0.5, 0.6) is 0 Å². The fraction of sp³-hybridized carbons (Fsp3) is 0.317. The number of fused-ring (bicyclic) bond motifs is 5. The maximum absolute atomic E-state index is 7.36. The van der Waals surface area contributed by atoms with Gasteiger partial charge in [-0.2, -0.15) is 0 Å². The Labute approximate surface area is 709 Å². The molecule has 0 fully saturated rings. The molecule has 15 nitrogen and oxygen atoms in total. The molecular formula is C104H115N15. The highest BCUT2D eigenvalue weighted by molar-refractivity contribution is 5.94. The molecule has 0 N–H and O–H groups in total. The Morgan fingerprint density at radius 3 is 0.849 bits per heavy atom. The summed E-state index contributed by atoms with van der Waals surface area (Å²) < 4.78 is 0. The molecule has 0 amide bonds. The van der Waals surface area contributed by atoms with E-state index in [-0.39, 0.29) is 30.8 Å². The number of nitrogens with zero attached hydrogens (tertiary/aromatic N) is 15. The van der Waals surface area contributed by atoms with Crippen molar-refractivity contribution in [2.45, 2.75) is 190 Å². The van der Waals surface area contributed by atoms with Crippen LogP contribution in [0.25, 0.3) is 35.4 Å². The smallest absolute Gasteiger partial charge is 0.189 e.